The summed E-state index contributed by atoms with van der Waals surface area (Å²) in [6.45, 7) is -1.33. The number of halogens is 8. The Balaban J connectivity index is 1.88. The van der Waals surface area contributed by atoms with Gasteiger partial charge < -0.3 is 9.64 Å². The summed E-state index contributed by atoms with van der Waals surface area (Å²) in [5.41, 5.74) is -3.20. The number of hydrogen-bond acceptors (Lipinski definition) is 2. The lowest BCUT2D eigenvalue weighted by molar-refractivity contribution is -0.150. The fraction of sp³-hybridized carbons (Fsp3) is 0.316. The van der Waals surface area contributed by atoms with Crippen molar-refractivity contribution in [1.29, 1.82) is 0 Å². The Morgan fingerprint density at radius 3 is 2.03 bits per heavy atom. The van der Waals surface area contributed by atoms with E-state index in [-0.39, 0.29) is 23.7 Å². The third-order valence-electron chi connectivity index (χ3n) is 4.48. The largest absolute Gasteiger partial charge is 0.416 e. The minimum Gasteiger partial charge on any atom is -0.362 e. The van der Waals surface area contributed by atoms with E-state index >= 15 is 0 Å². The molecule has 0 aromatic heterocycles. The van der Waals surface area contributed by atoms with E-state index in [0.29, 0.717) is 12.1 Å². The van der Waals surface area contributed by atoms with Gasteiger partial charge in [0.15, 0.2) is 11.6 Å². The number of benzene rings is 2. The zero-order valence-electron chi connectivity index (χ0n) is 15.0. The monoisotopic (exact) mass is 439 g/mol. The van der Waals surface area contributed by atoms with Gasteiger partial charge in [0.05, 0.1) is 17.7 Å². The first-order valence-electron chi connectivity index (χ1n) is 8.47. The topological polar surface area (TPSA) is 29.5 Å². The molecule has 0 spiro atoms. The summed E-state index contributed by atoms with van der Waals surface area (Å²) in [6, 6.07) is 3.96. The molecule has 0 saturated carbocycles. The van der Waals surface area contributed by atoms with Gasteiger partial charge in [0.2, 0.25) is 5.91 Å². The van der Waals surface area contributed by atoms with E-state index in [4.69, 9.17) is 4.74 Å². The van der Waals surface area contributed by atoms with Gasteiger partial charge in [-0.3, -0.25) is 4.79 Å². The van der Waals surface area contributed by atoms with Crippen molar-refractivity contribution in [1.82, 2.24) is 4.90 Å². The summed E-state index contributed by atoms with van der Waals surface area (Å²) >= 11 is 0. The van der Waals surface area contributed by atoms with Crippen LogP contribution in [0.5, 0.6) is 0 Å². The van der Waals surface area contributed by atoms with Crippen LogP contribution < -0.4 is 0 Å². The second-order valence-corrected chi connectivity index (χ2v) is 6.66. The van der Waals surface area contributed by atoms with E-state index in [2.05, 4.69) is 0 Å². The Hall–Kier alpha value is -2.69. The number of morpholine rings is 1. The molecule has 11 heteroatoms. The predicted molar refractivity (Wildman–Crippen MR) is 86.9 cm³/mol. The lowest BCUT2D eigenvalue weighted by atomic mass is 10.0. The molecular weight excluding hydrogens is 426 g/mol. The highest BCUT2D eigenvalue weighted by atomic mass is 19.4. The predicted octanol–water partition coefficient (Wildman–Crippen LogP) is 5.10. The van der Waals surface area contributed by atoms with Crippen LogP contribution in [-0.4, -0.2) is 24.0 Å². The molecule has 2 aromatic carbocycles. The molecule has 2 aromatic rings. The molecular formula is C19H13F8NO2. The van der Waals surface area contributed by atoms with Crippen molar-refractivity contribution in [3.63, 3.8) is 0 Å². The third-order valence-corrected chi connectivity index (χ3v) is 4.48. The molecule has 0 N–H and O–H groups in total. The van der Waals surface area contributed by atoms with E-state index in [9.17, 15) is 39.9 Å². The highest BCUT2D eigenvalue weighted by Crippen LogP contribution is 2.37. The fourth-order valence-electron chi connectivity index (χ4n) is 3.02. The second-order valence-electron chi connectivity index (χ2n) is 6.66. The Kier molecular flexibility index (Phi) is 5.76. The zero-order chi connectivity index (χ0) is 22.3. The smallest absolute Gasteiger partial charge is 0.362 e. The van der Waals surface area contributed by atoms with Crippen LogP contribution in [0.2, 0.25) is 0 Å². The van der Waals surface area contributed by atoms with E-state index in [1.54, 1.807) is 0 Å². The Morgan fingerprint density at radius 1 is 0.900 bits per heavy atom. The molecule has 30 heavy (non-hydrogen) atoms. The minimum absolute atomic E-state index is 0.00523. The number of carbonyl (C=O) groups is 1. The maximum absolute atomic E-state index is 13.4. The molecule has 1 heterocycles. The number of hydrogen-bond donors (Lipinski definition) is 0. The summed E-state index contributed by atoms with van der Waals surface area (Å²) in [5.74, 6) is -2.93. The Bertz CT molecular complexity index is 922. The van der Waals surface area contributed by atoms with Gasteiger partial charge in [-0.05, 0) is 41.5 Å². The average molecular weight is 439 g/mol. The van der Waals surface area contributed by atoms with E-state index in [1.165, 1.54) is 6.07 Å². The highest BCUT2D eigenvalue weighted by molar-refractivity contribution is 5.78. The van der Waals surface area contributed by atoms with Crippen LogP contribution in [0.4, 0.5) is 35.1 Å². The normalized spacial score (nSPS) is 18.1. The standard InChI is InChI=1S/C19H13F8NO2/c20-14-2-1-11(5-15(14)21)16-8-28(17(29)9-30-16)7-10-3-12(18(22,23)24)6-13(4-10)19(25,26)27/h1-6,16H,7-9H2. The average Bonchev–Trinajstić information content (AvgIpc) is 2.64. The molecule has 0 aliphatic carbocycles. The molecule has 1 unspecified atom stereocenters. The first-order chi connectivity index (χ1) is 13.8. The summed E-state index contributed by atoms with van der Waals surface area (Å²) in [4.78, 5) is 13.1. The summed E-state index contributed by atoms with van der Waals surface area (Å²) in [5, 5.41) is 0. The molecule has 1 aliphatic heterocycles. The number of alkyl halides is 6. The molecule has 0 radical (unpaired) electrons. The van der Waals surface area contributed by atoms with Crippen LogP contribution in [0.1, 0.15) is 28.4 Å². The van der Waals surface area contributed by atoms with Crippen molar-refractivity contribution in [3.05, 3.63) is 70.3 Å². The number of ether oxygens (including phenoxy) is 1. The van der Waals surface area contributed by atoms with Crippen molar-refractivity contribution in [2.75, 3.05) is 13.2 Å². The van der Waals surface area contributed by atoms with E-state index < -0.39 is 60.3 Å². The zero-order valence-corrected chi connectivity index (χ0v) is 15.0. The number of nitrogens with zero attached hydrogens (tertiary/aromatic N) is 1. The molecule has 0 bridgehead atoms. The SMILES string of the molecule is O=C1COC(c2ccc(F)c(F)c2)CN1Cc1cc(C(F)(F)F)cc(C(F)(F)F)c1. The van der Waals surface area contributed by atoms with Crippen molar-refractivity contribution >= 4 is 5.91 Å². The molecule has 1 aliphatic rings. The first-order valence-corrected chi connectivity index (χ1v) is 8.47. The van der Waals surface area contributed by atoms with Crippen LogP contribution in [0.3, 0.4) is 0 Å². The fourth-order valence-corrected chi connectivity index (χ4v) is 3.02. The Labute approximate surface area is 164 Å². The van der Waals surface area contributed by atoms with Crippen LogP contribution in [0.25, 0.3) is 0 Å². The van der Waals surface area contributed by atoms with Crippen LogP contribution in [0.15, 0.2) is 36.4 Å². The summed E-state index contributed by atoms with van der Waals surface area (Å²) < 4.78 is 110. The van der Waals surface area contributed by atoms with Crippen LogP contribution >= 0.6 is 0 Å². The molecule has 1 fully saturated rings. The Morgan fingerprint density at radius 2 is 1.50 bits per heavy atom. The van der Waals surface area contributed by atoms with Gasteiger partial charge in [-0.15, -0.1) is 0 Å². The van der Waals surface area contributed by atoms with Gasteiger partial charge in [-0.1, -0.05) is 6.07 Å². The molecule has 3 nitrogen and oxygen atoms in total. The third kappa shape index (κ3) is 4.89. The van der Waals surface area contributed by atoms with Crippen molar-refractivity contribution in [2.45, 2.75) is 25.0 Å². The lowest BCUT2D eigenvalue weighted by Gasteiger charge is -2.33. The van der Waals surface area contributed by atoms with E-state index in [0.717, 1.165) is 17.0 Å². The maximum atomic E-state index is 13.4. The van der Waals surface area contributed by atoms with Gasteiger partial charge in [0.25, 0.3) is 0 Å². The minimum atomic E-state index is -5.01. The quantitative estimate of drug-likeness (QED) is 0.623. The molecule has 3 rings (SSSR count). The maximum Gasteiger partial charge on any atom is 0.416 e. The van der Waals surface area contributed by atoms with Crippen molar-refractivity contribution in [3.8, 4) is 0 Å². The second kappa shape index (κ2) is 7.86. The molecule has 1 saturated heterocycles. The summed E-state index contributed by atoms with van der Waals surface area (Å²) in [7, 11) is 0. The first kappa shape index (κ1) is 22.0. The van der Waals surface area contributed by atoms with Gasteiger partial charge in [-0.25, -0.2) is 8.78 Å². The van der Waals surface area contributed by atoms with Crippen LogP contribution in [0, 0.1) is 11.6 Å². The molecule has 1 atom stereocenters. The van der Waals surface area contributed by atoms with Crippen molar-refractivity contribution < 1.29 is 44.7 Å². The van der Waals surface area contributed by atoms with Crippen molar-refractivity contribution in [2.24, 2.45) is 0 Å². The highest BCUT2D eigenvalue weighted by Gasteiger charge is 2.37. The van der Waals surface area contributed by atoms with Crippen LogP contribution in [-0.2, 0) is 28.4 Å². The van der Waals surface area contributed by atoms with Gasteiger partial charge in [-0.2, -0.15) is 26.3 Å². The van der Waals surface area contributed by atoms with E-state index in [1.807, 2.05) is 0 Å². The number of amides is 1. The van der Waals surface area contributed by atoms with Gasteiger partial charge in [0, 0.05) is 6.54 Å². The summed E-state index contributed by atoms with van der Waals surface area (Å²) in [6.07, 6.45) is -11.0. The molecule has 162 valence electrons. The lowest BCUT2D eigenvalue weighted by Crippen LogP contribution is -2.42. The van der Waals surface area contributed by atoms with Gasteiger partial charge in [0.1, 0.15) is 12.7 Å². The number of carbonyl (C=O) groups excluding carboxylic acids is 1. The van der Waals surface area contributed by atoms with Gasteiger partial charge >= 0.3 is 12.4 Å². The number of rotatable bonds is 3. The molecule has 1 amide bonds.